The van der Waals surface area contributed by atoms with Gasteiger partial charge in [0.1, 0.15) is 5.82 Å². The van der Waals surface area contributed by atoms with E-state index in [9.17, 15) is 4.39 Å². The number of hydrogen-bond acceptors (Lipinski definition) is 2. The van der Waals surface area contributed by atoms with Gasteiger partial charge in [-0.1, -0.05) is 19.1 Å². The highest BCUT2D eigenvalue weighted by atomic mass is 19.1. The molecule has 0 aliphatic carbocycles. The van der Waals surface area contributed by atoms with Gasteiger partial charge in [0.25, 0.3) is 0 Å². The molecule has 2 aromatic heterocycles. The Morgan fingerprint density at radius 1 is 1.23 bits per heavy atom. The molecule has 5 heteroatoms. The smallest absolute Gasteiger partial charge is 0.123 e. The molecule has 0 amide bonds. The Kier molecular flexibility index (Phi) is 3.79. The van der Waals surface area contributed by atoms with E-state index in [-0.39, 0.29) is 11.9 Å². The van der Waals surface area contributed by atoms with Crippen LogP contribution in [-0.2, 0) is 7.05 Å². The van der Waals surface area contributed by atoms with Crippen LogP contribution in [0.4, 0.5) is 4.39 Å². The lowest BCUT2D eigenvalue weighted by Crippen LogP contribution is -2.10. The van der Waals surface area contributed by atoms with Crippen molar-refractivity contribution in [2.24, 2.45) is 7.05 Å². The first kappa shape index (κ1) is 14.5. The molecular weight excluding hydrogens is 279 g/mol. The highest BCUT2D eigenvalue weighted by Crippen LogP contribution is 2.30. The van der Waals surface area contributed by atoms with Crippen LogP contribution >= 0.6 is 0 Å². The van der Waals surface area contributed by atoms with Gasteiger partial charge in [0, 0.05) is 18.8 Å². The van der Waals surface area contributed by atoms with Gasteiger partial charge in [-0.25, -0.2) is 9.37 Å². The molecule has 0 aliphatic rings. The van der Waals surface area contributed by atoms with E-state index in [2.05, 4.69) is 21.6 Å². The van der Waals surface area contributed by atoms with Crippen molar-refractivity contribution in [3.05, 3.63) is 60.1 Å². The van der Waals surface area contributed by atoms with Crippen molar-refractivity contribution in [2.45, 2.75) is 26.3 Å². The largest absolute Gasteiger partial charge is 0.323 e. The summed E-state index contributed by atoms with van der Waals surface area (Å²) < 4.78 is 17.1. The fourth-order valence-corrected chi connectivity index (χ4v) is 2.89. The SMILES string of the molecule is CCC(c1ccc(F)cc1)n1cncc1-c1cn(C)nc1C. The molecule has 0 saturated heterocycles. The zero-order valence-corrected chi connectivity index (χ0v) is 13.0. The van der Waals surface area contributed by atoms with Crippen molar-refractivity contribution >= 4 is 0 Å². The monoisotopic (exact) mass is 298 g/mol. The molecule has 0 N–H and O–H groups in total. The first-order valence-electron chi connectivity index (χ1n) is 7.38. The maximum absolute atomic E-state index is 13.2. The second-order valence-corrected chi connectivity index (χ2v) is 5.46. The highest BCUT2D eigenvalue weighted by molar-refractivity contribution is 5.61. The molecule has 0 saturated carbocycles. The summed E-state index contributed by atoms with van der Waals surface area (Å²) in [6, 6.07) is 6.80. The number of hydrogen-bond donors (Lipinski definition) is 0. The zero-order chi connectivity index (χ0) is 15.7. The summed E-state index contributed by atoms with van der Waals surface area (Å²) in [5.74, 6) is -0.215. The van der Waals surface area contributed by atoms with Gasteiger partial charge in [-0.15, -0.1) is 0 Å². The van der Waals surface area contributed by atoms with Crippen molar-refractivity contribution in [1.82, 2.24) is 19.3 Å². The third-order valence-corrected chi connectivity index (χ3v) is 3.93. The van der Waals surface area contributed by atoms with E-state index in [1.807, 2.05) is 44.8 Å². The van der Waals surface area contributed by atoms with Crippen LogP contribution in [-0.4, -0.2) is 19.3 Å². The normalized spacial score (nSPS) is 12.5. The Bertz CT molecular complexity index is 770. The summed E-state index contributed by atoms with van der Waals surface area (Å²) in [5, 5.41) is 4.40. The fourth-order valence-electron chi connectivity index (χ4n) is 2.89. The predicted octanol–water partition coefficient (Wildman–Crippen LogP) is 3.73. The Morgan fingerprint density at radius 2 is 1.95 bits per heavy atom. The van der Waals surface area contributed by atoms with Crippen LogP contribution in [0.5, 0.6) is 0 Å². The molecule has 0 fully saturated rings. The van der Waals surface area contributed by atoms with E-state index in [4.69, 9.17) is 0 Å². The van der Waals surface area contributed by atoms with Crippen LogP contribution in [0.3, 0.4) is 0 Å². The molecule has 22 heavy (non-hydrogen) atoms. The Labute approximate surface area is 129 Å². The van der Waals surface area contributed by atoms with Crippen molar-refractivity contribution in [3.8, 4) is 11.3 Å². The van der Waals surface area contributed by atoms with E-state index in [0.29, 0.717) is 0 Å². The quantitative estimate of drug-likeness (QED) is 0.735. The lowest BCUT2D eigenvalue weighted by atomic mass is 10.0. The summed E-state index contributed by atoms with van der Waals surface area (Å²) in [7, 11) is 1.91. The molecular formula is C17H19FN4. The van der Waals surface area contributed by atoms with Crippen LogP contribution in [0, 0.1) is 12.7 Å². The van der Waals surface area contributed by atoms with Gasteiger partial charge in [0.05, 0.1) is 30.0 Å². The lowest BCUT2D eigenvalue weighted by molar-refractivity contribution is 0.567. The van der Waals surface area contributed by atoms with Gasteiger partial charge in [-0.05, 0) is 31.0 Å². The van der Waals surface area contributed by atoms with Gasteiger partial charge in [-0.3, -0.25) is 4.68 Å². The zero-order valence-electron chi connectivity index (χ0n) is 13.0. The summed E-state index contributed by atoms with van der Waals surface area (Å²) >= 11 is 0. The molecule has 1 aromatic carbocycles. The number of nitrogens with zero attached hydrogens (tertiary/aromatic N) is 4. The molecule has 3 rings (SSSR count). The number of aromatic nitrogens is 4. The molecule has 1 atom stereocenters. The number of aryl methyl sites for hydroxylation is 2. The topological polar surface area (TPSA) is 35.6 Å². The van der Waals surface area contributed by atoms with Crippen LogP contribution in [0.15, 0.2) is 43.0 Å². The van der Waals surface area contributed by atoms with Crippen LogP contribution in [0.1, 0.15) is 30.6 Å². The summed E-state index contributed by atoms with van der Waals surface area (Å²) in [6.45, 7) is 4.11. The summed E-state index contributed by atoms with van der Waals surface area (Å²) in [5.41, 5.74) is 4.14. The maximum Gasteiger partial charge on any atom is 0.123 e. The molecule has 0 spiro atoms. The Hall–Kier alpha value is -2.43. The van der Waals surface area contributed by atoms with E-state index < -0.39 is 0 Å². The van der Waals surface area contributed by atoms with E-state index in [1.54, 1.807) is 4.68 Å². The van der Waals surface area contributed by atoms with Gasteiger partial charge >= 0.3 is 0 Å². The minimum Gasteiger partial charge on any atom is -0.323 e. The van der Waals surface area contributed by atoms with E-state index in [1.165, 1.54) is 12.1 Å². The van der Waals surface area contributed by atoms with Crippen molar-refractivity contribution in [3.63, 3.8) is 0 Å². The van der Waals surface area contributed by atoms with Crippen LogP contribution < -0.4 is 0 Å². The van der Waals surface area contributed by atoms with Crippen molar-refractivity contribution < 1.29 is 4.39 Å². The second-order valence-electron chi connectivity index (χ2n) is 5.46. The molecule has 0 bridgehead atoms. The number of imidazole rings is 1. The number of halogens is 1. The standard InChI is InChI=1S/C17H19FN4/c1-4-16(13-5-7-14(18)8-6-13)22-11-19-9-17(22)15-10-21(3)20-12(15)2/h5-11,16H,4H2,1-3H3. The minimum atomic E-state index is -0.215. The maximum atomic E-state index is 13.2. The first-order chi connectivity index (χ1) is 10.6. The first-order valence-corrected chi connectivity index (χ1v) is 7.38. The molecule has 1 unspecified atom stereocenters. The average molecular weight is 298 g/mol. The van der Waals surface area contributed by atoms with Gasteiger partial charge in [-0.2, -0.15) is 5.10 Å². The van der Waals surface area contributed by atoms with Gasteiger partial charge < -0.3 is 4.57 Å². The Morgan fingerprint density at radius 3 is 2.55 bits per heavy atom. The van der Waals surface area contributed by atoms with Crippen molar-refractivity contribution in [1.29, 1.82) is 0 Å². The molecule has 0 aliphatic heterocycles. The highest BCUT2D eigenvalue weighted by Gasteiger charge is 2.18. The predicted molar refractivity (Wildman–Crippen MR) is 84.0 cm³/mol. The third kappa shape index (κ3) is 2.54. The van der Waals surface area contributed by atoms with Gasteiger partial charge in [0.15, 0.2) is 0 Å². The average Bonchev–Trinajstić information content (AvgIpc) is 3.08. The Balaban J connectivity index is 2.06. The molecule has 0 radical (unpaired) electrons. The van der Waals surface area contributed by atoms with E-state index >= 15 is 0 Å². The van der Waals surface area contributed by atoms with Crippen molar-refractivity contribution in [2.75, 3.05) is 0 Å². The third-order valence-electron chi connectivity index (χ3n) is 3.93. The fraction of sp³-hybridized carbons (Fsp3) is 0.294. The molecule has 3 aromatic rings. The molecule has 4 nitrogen and oxygen atoms in total. The minimum absolute atomic E-state index is 0.123. The van der Waals surface area contributed by atoms with Gasteiger partial charge in [0.2, 0.25) is 0 Å². The summed E-state index contributed by atoms with van der Waals surface area (Å²) in [6.07, 6.45) is 6.59. The van der Waals surface area contributed by atoms with E-state index in [0.717, 1.165) is 28.9 Å². The summed E-state index contributed by atoms with van der Waals surface area (Å²) in [4.78, 5) is 4.31. The molecule has 114 valence electrons. The van der Waals surface area contributed by atoms with Crippen LogP contribution in [0.2, 0.25) is 0 Å². The second kappa shape index (κ2) is 5.75. The molecule has 2 heterocycles. The number of rotatable bonds is 4. The lowest BCUT2D eigenvalue weighted by Gasteiger charge is -2.20. The van der Waals surface area contributed by atoms with Crippen LogP contribution in [0.25, 0.3) is 11.3 Å². The number of benzene rings is 1.